The Kier molecular flexibility index (Phi) is 4.93. The van der Waals surface area contributed by atoms with Gasteiger partial charge in [0.2, 0.25) is 0 Å². The molecule has 0 saturated carbocycles. The van der Waals surface area contributed by atoms with Gasteiger partial charge in [0.15, 0.2) is 0 Å². The average molecular weight is 370 g/mol. The van der Waals surface area contributed by atoms with Gasteiger partial charge in [-0.25, -0.2) is 4.68 Å². The summed E-state index contributed by atoms with van der Waals surface area (Å²) >= 11 is 0. The molecule has 0 radical (unpaired) electrons. The summed E-state index contributed by atoms with van der Waals surface area (Å²) in [4.78, 5) is 29.3. The molecule has 0 atom stereocenters. The molecule has 0 unspecified atom stereocenters. The van der Waals surface area contributed by atoms with E-state index in [0.717, 1.165) is 10.9 Å². The van der Waals surface area contributed by atoms with Crippen LogP contribution in [0.15, 0.2) is 83.9 Å². The Balaban J connectivity index is 1.68. The van der Waals surface area contributed by atoms with Crippen molar-refractivity contribution >= 4 is 16.7 Å². The van der Waals surface area contributed by atoms with E-state index in [0.29, 0.717) is 23.2 Å². The van der Waals surface area contributed by atoms with E-state index in [2.05, 4.69) is 15.4 Å². The summed E-state index contributed by atoms with van der Waals surface area (Å²) in [5.74, 6) is -0.184. The normalized spacial score (nSPS) is 10.7. The first kappa shape index (κ1) is 17.6. The van der Waals surface area contributed by atoms with Gasteiger partial charge in [-0.3, -0.25) is 14.6 Å². The number of nitrogens with zero attached hydrogens (tertiary/aromatic N) is 3. The number of rotatable bonds is 5. The molecule has 0 aliphatic heterocycles. The molecule has 0 bridgehead atoms. The summed E-state index contributed by atoms with van der Waals surface area (Å²) in [7, 11) is 0. The van der Waals surface area contributed by atoms with Gasteiger partial charge in [-0.1, -0.05) is 42.5 Å². The predicted molar refractivity (Wildman–Crippen MR) is 107 cm³/mol. The molecule has 2 aromatic heterocycles. The number of aromatic nitrogens is 3. The molecule has 1 amide bonds. The van der Waals surface area contributed by atoms with Crippen LogP contribution in [0, 0.1) is 0 Å². The zero-order valence-electron chi connectivity index (χ0n) is 15.1. The molecule has 138 valence electrons. The third-order valence-electron chi connectivity index (χ3n) is 4.45. The van der Waals surface area contributed by atoms with Crippen LogP contribution < -0.4 is 10.9 Å². The van der Waals surface area contributed by atoms with E-state index >= 15 is 0 Å². The average Bonchev–Trinajstić information content (AvgIpc) is 2.76. The van der Waals surface area contributed by atoms with Crippen molar-refractivity contribution in [2.24, 2.45) is 0 Å². The summed E-state index contributed by atoms with van der Waals surface area (Å²) in [5.41, 5.74) is 1.93. The quantitative estimate of drug-likeness (QED) is 0.586. The summed E-state index contributed by atoms with van der Waals surface area (Å²) in [5, 5.41) is 8.73. The molecule has 0 aliphatic rings. The fourth-order valence-corrected chi connectivity index (χ4v) is 3.06. The van der Waals surface area contributed by atoms with E-state index in [4.69, 9.17) is 0 Å². The van der Waals surface area contributed by atoms with Gasteiger partial charge in [-0.2, -0.15) is 5.10 Å². The Morgan fingerprint density at radius 2 is 1.68 bits per heavy atom. The molecule has 2 heterocycles. The molecule has 6 heteroatoms. The highest BCUT2D eigenvalue weighted by molar-refractivity contribution is 5.94. The van der Waals surface area contributed by atoms with Gasteiger partial charge in [0.05, 0.1) is 24.2 Å². The second kappa shape index (κ2) is 7.84. The van der Waals surface area contributed by atoms with Crippen molar-refractivity contribution in [2.75, 3.05) is 0 Å². The van der Waals surface area contributed by atoms with Crippen LogP contribution in [-0.2, 0) is 13.1 Å². The van der Waals surface area contributed by atoms with Crippen molar-refractivity contribution in [3.05, 3.63) is 106 Å². The Hall–Kier alpha value is -3.80. The molecule has 4 rings (SSSR count). The molecular formula is C22H18N4O2. The fourth-order valence-electron chi connectivity index (χ4n) is 3.06. The zero-order valence-corrected chi connectivity index (χ0v) is 15.1. The van der Waals surface area contributed by atoms with E-state index in [1.165, 1.54) is 4.68 Å². The monoisotopic (exact) mass is 370 g/mol. The topological polar surface area (TPSA) is 76.9 Å². The van der Waals surface area contributed by atoms with E-state index < -0.39 is 0 Å². The maximum atomic E-state index is 12.8. The molecule has 0 spiro atoms. The van der Waals surface area contributed by atoms with Crippen molar-refractivity contribution in [2.45, 2.75) is 13.1 Å². The lowest BCUT2D eigenvalue weighted by Gasteiger charge is -2.12. The SMILES string of the molecule is O=C(NCc1nn(Cc2cccnc2)c(=O)c2ccccc12)c1ccccc1. The molecule has 1 N–H and O–H groups in total. The van der Waals surface area contributed by atoms with E-state index in [1.807, 2.05) is 48.5 Å². The van der Waals surface area contributed by atoms with Crippen LogP contribution in [0.3, 0.4) is 0 Å². The number of hydrogen-bond acceptors (Lipinski definition) is 4. The second-order valence-electron chi connectivity index (χ2n) is 6.37. The maximum absolute atomic E-state index is 12.8. The maximum Gasteiger partial charge on any atom is 0.274 e. The molecule has 4 aromatic rings. The van der Waals surface area contributed by atoms with Crippen LogP contribution in [0.25, 0.3) is 10.8 Å². The number of nitrogens with one attached hydrogen (secondary N) is 1. The van der Waals surface area contributed by atoms with Gasteiger partial charge in [0.1, 0.15) is 0 Å². The first-order valence-electron chi connectivity index (χ1n) is 8.93. The summed E-state index contributed by atoms with van der Waals surface area (Å²) in [6.45, 7) is 0.540. The fraction of sp³-hybridized carbons (Fsp3) is 0.0909. The molecule has 6 nitrogen and oxygen atoms in total. The lowest BCUT2D eigenvalue weighted by molar-refractivity contribution is 0.0950. The summed E-state index contributed by atoms with van der Waals surface area (Å²) in [6, 6.07) is 20.0. The minimum atomic E-state index is -0.184. The van der Waals surface area contributed by atoms with Crippen LogP contribution in [-0.4, -0.2) is 20.7 Å². The van der Waals surface area contributed by atoms with Crippen LogP contribution >= 0.6 is 0 Å². The minimum absolute atomic E-state index is 0.169. The third kappa shape index (κ3) is 3.66. The highest BCUT2D eigenvalue weighted by Gasteiger charge is 2.12. The van der Waals surface area contributed by atoms with Crippen molar-refractivity contribution < 1.29 is 4.79 Å². The van der Waals surface area contributed by atoms with Gasteiger partial charge in [-0.15, -0.1) is 0 Å². The molecule has 0 aliphatic carbocycles. The lowest BCUT2D eigenvalue weighted by Crippen LogP contribution is -2.29. The van der Waals surface area contributed by atoms with Crippen LogP contribution in [0.5, 0.6) is 0 Å². The highest BCUT2D eigenvalue weighted by Crippen LogP contribution is 2.14. The largest absolute Gasteiger partial charge is 0.346 e. The first-order valence-corrected chi connectivity index (χ1v) is 8.93. The number of carbonyl (C=O) groups excluding carboxylic acids is 1. The Bertz CT molecular complexity index is 1170. The number of pyridine rings is 1. The second-order valence-corrected chi connectivity index (χ2v) is 6.37. The Labute approximate surface area is 161 Å². The van der Waals surface area contributed by atoms with Crippen LogP contribution in [0.2, 0.25) is 0 Å². The van der Waals surface area contributed by atoms with Crippen LogP contribution in [0.1, 0.15) is 21.6 Å². The summed E-state index contributed by atoms with van der Waals surface area (Å²) in [6.07, 6.45) is 3.39. The molecular weight excluding hydrogens is 352 g/mol. The smallest absolute Gasteiger partial charge is 0.274 e. The summed E-state index contributed by atoms with van der Waals surface area (Å²) < 4.78 is 1.42. The Morgan fingerprint density at radius 3 is 2.43 bits per heavy atom. The van der Waals surface area contributed by atoms with Crippen LogP contribution in [0.4, 0.5) is 0 Å². The van der Waals surface area contributed by atoms with E-state index in [1.54, 1.807) is 30.6 Å². The van der Waals surface area contributed by atoms with Crippen molar-refractivity contribution in [3.63, 3.8) is 0 Å². The van der Waals surface area contributed by atoms with Gasteiger partial charge in [0.25, 0.3) is 11.5 Å². The first-order chi connectivity index (χ1) is 13.7. The standard InChI is InChI=1S/C22H18N4O2/c27-21(17-8-2-1-3-9-17)24-14-20-18-10-4-5-11-19(18)22(28)26(25-20)15-16-7-6-12-23-13-16/h1-13H,14-15H2,(H,24,27). The number of carbonyl (C=O) groups is 1. The zero-order chi connectivity index (χ0) is 19.3. The van der Waals surface area contributed by atoms with Crippen molar-refractivity contribution in [3.8, 4) is 0 Å². The molecule has 0 saturated heterocycles. The van der Waals surface area contributed by atoms with Gasteiger partial charge in [0, 0.05) is 23.3 Å². The van der Waals surface area contributed by atoms with Crippen molar-refractivity contribution in [1.82, 2.24) is 20.1 Å². The molecule has 28 heavy (non-hydrogen) atoms. The van der Waals surface area contributed by atoms with Gasteiger partial charge >= 0.3 is 0 Å². The minimum Gasteiger partial charge on any atom is -0.346 e. The predicted octanol–water partition coefficient (Wildman–Crippen LogP) is 2.77. The number of hydrogen-bond donors (Lipinski definition) is 1. The van der Waals surface area contributed by atoms with Gasteiger partial charge in [-0.05, 0) is 29.8 Å². The molecule has 2 aromatic carbocycles. The van der Waals surface area contributed by atoms with E-state index in [9.17, 15) is 9.59 Å². The molecule has 0 fully saturated rings. The highest BCUT2D eigenvalue weighted by atomic mass is 16.1. The number of benzene rings is 2. The number of fused-ring (bicyclic) bond motifs is 1. The van der Waals surface area contributed by atoms with Gasteiger partial charge < -0.3 is 5.32 Å². The Morgan fingerprint density at radius 1 is 0.929 bits per heavy atom. The third-order valence-corrected chi connectivity index (χ3v) is 4.45. The van der Waals surface area contributed by atoms with E-state index in [-0.39, 0.29) is 18.0 Å². The number of amides is 1. The van der Waals surface area contributed by atoms with Crippen molar-refractivity contribution in [1.29, 1.82) is 0 Å². The lowest BCUT2D eigenvalue weighted by atomic mass is 10.1.